The van der Waals surface area contributed by atoms with Crippen molar-refractivity contribution in [3.05, 3.63) is 35.6 Å². The van der Waals surface area contributed by atoms with Crippen LogP contribution in [0.1, 0.15) is 35.4 Å². The van der Waals surface area contributed by atoms with Crippen LogP contribution in [-0.4, -0.2) is 29.3 Å². The molecular weight excluding hydrogens is 270 g/mol. The van der Waals surface area contributed by atoms with Gasteiger partial charge in [-0.15, -0.1) is 0 Å². The minimum absolute atomic E-state index is 0.0170. The Kier molecular flexibility index (Phi) is 2.97. The summed E-state index contributed by atoms with van der Waals surface area (Å²) >= 11 is 0. The van der Waals surface area contributed by atoms with Crippen LogP contribution in [0.4, 0.5) is 0 Å². The van der Waals surface area contributed by atoms with Crippen LogP contribution in [0.25, 0.3) is 11.0 Å². The van der Waals surface area contributed by atoms with Crippen molar-refractivity contribution in [3.63, 3.8) is 0 Å². The van der Waals surface area contributed by atoms with Crippen LogP contribution < -0.4 is 5.32 Å². The van der Waals surface area contributed by atoms with Gasteiger partial charge < -0.3 is 19.6 Å². The van der Waals surface area contributed by atoms with E-state index in [2.05, 4.69) is 5.32 Å². The minimum Gasteiger partial charge on any atom is -0.475 e. The van der Waals surface area contributed by atoms with Crippen LogP contribution in [0.2, 0.25) is 0 Å². The molecule has 2 fully saturated rings. The van der Waals surface area contributed by atoms with Crippen LogP contribution in [0.5, 0.6) is 0 Å². The van der Waals surface area contributed by atoms with E-state index in [4.69, 9.17) is 14.3 Å². The zero-order valence-electron chi connectivity index (χ0n) is 11.5. The molecule has 2 aliphatic heterocycles. The lowest BCUT2D eigenvalue weighted by atomic mass is 9.95. The summed E-state index contributed by atoms with van der Waals surface area (Å²) in [6, 6.07) is 7.79. The second kappa shape index (κ2) is 4.86. The number of carbonyl (C=O) groups is 1. The van der Waals surface area contributed by atoms with E-state index in [-0.39, 0.29) is 5.76 Å². The normalized spacial score (nSPS) is 27.5. The fourth-order valence-corrected chi connectivity index (χ4v) is 3.41. The molecule has 3 atom stereocenters. The van der Waals surface area contributed by atoms with Crippen molar-refractivity contribution in [1.82, 2.24) is 5.32 Å². The van der Waals surface area contributed by atoms with Gasteiger partial charge in [-0.3, -0.25) is 0 Å². The summed E-state index contributed by atoms with van der Waals surface area (Å²) in [7, 11) is 0. The first-order valence-electron chi connectivity index (χ1n) is 7.33. The summed E-state index contributed by atoms with van der Waals surface area (Å²) in [5, 5.41) is 13.3. The molecule has 2 aliphatic rings. The van der Waals surface area contributed by atoms with Gasteiger partial charge in [0.1, 0.15) is 5.58 Å². The number of rotatable bonds is 4. The molecule has 4 rings (SSSR count). The Balaban J connectivity index is 1.47. The molecule has 0 saturated carbocycles. The number of carboxylic acids is 1. The predicted molar refractivity (Wildman–Crippen MR) is 76.3 cm³/mol. The van der Waals surface area contributed by atoms with Crippen molar-refractivity contribution in [2.24, 2.45) is 0 Å². The van der Waals surface area contributed by atoms with Gasteiger partial charge in [0.2, 0.25) is 5.76 Å². The number of nitrogens with one attached hydrogen (secondary N) is 1. The van der Waals surface area contributed by atoms with E-state index >= 15 is 0 Å². The number of aromatic carboxylic acids is 1. The van der Waals surface area contributed by atoms with Crippen LogP contribution in [0.3, 0.4) is 0 Å². The standard InChI is InChI=1S/C16H17NO4/c18-16(19)15-6-10-5-9(1-3-13(10)21-15)8-17-12-7-11-2-4-14(12)20-11/h1,3,5-6,11-12,14,17H,2,4,7-8H2,(H,18,19). The maximum Gasteiger partial charge on any atom is 0.371 e. The first-order valence-corrected chi connectivity index (χ1v) is 7.33. The Hall–Kier alpha value is -1.85. The quantitative estimate of drug-likeness (QED) is 0.904. The molecule has 0 aliphatic carbocycles. The second-order valence-corrected chi connectivity index (χ2v) is 5.88. The maximum atomic E-state index is 10.9. The zero-order chi connectivity index (χ0) is 14.4. The maximum absolute atomic E-state index is 10.9. The molecule has 0 radical (unpaired) electrons. The summed E-state index contributed by atoms with van der Waals surface area (Å²) in [5.74, 6) is -1.05. The summed E-state index contributed by atoms with van der Waals surface area (Å²) in [4.78, 5) is 10.9. The van der Waals surface area contributed by atoms with Gasteiger partial charge in [-0.25, -0.2) is 4.79 Å². The highest BCUT2D eigenvalue weighted by Gasteiger charge is 2.40. The van der Waals surface area contributed by atoms with E-state index in [0.29, 0.717) is 23.8 Å². The van der Waals surface area contributed by atoms with Gasteiger partial charge in [0.05, 0.1) is 12.2 Å². The van der Waals surface area contributed by atoms with Crippen LogP contribution in [0.15, 0.2) is 28.7 Å². The number of fused-ring (bicyclic) bond motifs is 3. The average Bonchev–Trinajstić information content (AvgIpc) is 3.18. The molecule has 1 aromatic heterocycles. The molecule has 1 aromatic carbocycles. The SMILES string of the molecule is O=C(O)c1cc2cc(CNC3CC4CCC3O4)ccc2o1. The first-order chi connectivity index (χ1) is 10.2. The van der Waals surface area contributed by atoms with Gasteiger partial charge >= 0.3 is 5.97 Å². The summed E-state index contributed by atoms with van der Waals surface area (Å²) in [5.41, 5.74) is 1.74. The van der Waals surface area contributed by atoms with Gasteiger partial charge in [0, 0.05) is 18.0 Å². The zero-order valence-corrected chi connectivity index (χ0v) is 11.5. The van der Waals surface area contributed by atoms with Crippen molar-refractivity contribution in [3.8, 4) is 0 Å². The third-order valence-electron chi connectivity index (χ3n) is 4.47. The molecule has 2 aromatic rings. The van der Waals surface area contributed by atoms with E-state index in [9.17, 15) is 4.79 Å². The molecule has 5 heteroatoms. The third-order valence-corrected chi connectivity index (χ3v) is 4.47. The Bertz CT molecular complexity index is 693. The molecule has 2 saturated heterocycles. The number of carboxylic acid groups (broad SMARTS) is 1. The topological polar surface area (TPSA) is 71.7 Å². The third kappa shape index (κ3) is 2.32. The molecule has 110 valence electrons. The van der Waals surface area contributed by atoms with Crippen molar-refractivity contribution < 1.29 is 19.1 Å². The number of hydrogen-bond acceptors (Lipinski definition) is 4. The summed E-state index contributed by atoms with van der Waals surface area (Å²) < 4.78 is 11.1. The highest BCUT2D eigenvalue weighted by Crippen LogP contribution is 2.34. The lowest BCUT2D eigenvalue weighted by Gasteiger charge is -2.20. The van der Waals surface area contributed by atoms with Crippen molar-refractivity contribution >= 4 is 16.9 Å². The van der Waals surface area contributed by atoms with Gasteiger partial charge in [0.15, 0.2) is 0 Å². The Morgan fingerprint density at radius 2 is 2.24 bits per heavy atom. The van der Waals surface area contributed by atoms with E-state index in [1.165, 1.54) is 6.42 Å². The molecule has 3 unspecified atom stereocenters. The fraction of sp³-hybridized carbons (Fsp3) is 0.438. The molecule has 2 N–H and O–H groups in total. The van der Waals surface area contributed by atoms with Crippen molar-refractivity contribution in [2.45, 2.75) is 44.1 Å². The summed E-state index contributed by atoms with van der Waals surface area (Å²) in [6.45, 7) is 0.765. The Morgan fingerprint density at radius 1 is 1.33 bits per heavy atom. The minimum atomic E-state index is -1.04. The molecule has 0 spiro atoms. The van der Waals surface area contributed by atoms with Crippen molar-refractivity contribution in [2.75, 3.05) is 0 Å². The van der Waals surface area contributed by atoms with Crippen LogP contribution >= 0.6 is 0 Å². The van der Waals surface area contributed by atoms with Gasteiger partial charge in [-0.2, -0.15) is 0 Å². The number of benzene rings is 1. The smallest absolute Gasteiger partial charge is 0.371 e. The van der Waals surface area contributed by atoms with E-state index in [1.807, 2.05) is 18.2 Å². The predicted octanol–water partition coefficient (Wildman–Crippen LogP) is 2.54. The molecule has 21 heavy (non-hydrogen) atoms. The number of hydrogen-bond donors (Lipinski definition) is 2. The molecule has 0 amide bonds. The molecular formula is C16H17NO4. The molecule has 2 bridgehead atoms. The van der Waals surface area contributed by atoms with Crippen LogP contribution in [0, 0.1) is 0 Å². The second-order valence-electron chi connectivity index (χ2n) is 5.88. The van der Waals surface area contributed by atoms with Gasteiger partial charge in [0.25, 0.3) is 0 Å². The van der Waals surface area contributed by atoms with E-state index in [1.54, 1.807) is 6.07 Å². The number of ether oxygens (including phenoxy) is 1. The first kappa shape index (κ1) is 12.9. The largest absolute Gasteiger partial charge is 0.475 e. The highest BCUT2D eigenvalue weighted by molar-refractivity contribution is 5.91. The van der Waals surface area contributed by atoms with E-state index in [0.717, 1.165) is 30.3 Å². The molecule has 5 nitrogen and oxygen atoms in total. The molecule has 3 heterocycles. The van der Waals surface area contributed by atoms with Gasteiger partial charge in [-0.1, -0.05) is 6.07 Å². The lowest BCUT2D eigenvalue weighted by molar-refractivity contribution is 0.0665. The lowest BCUT2D eigenvalue weighted by Crippen LogP contribution is -2.36. The number of furan rings is 1. The fourth-order valence-electron chi connectivity index (χ4n) is 3.41. The van der Waals surface area contributed by atoms with Crippen LogP contribution in [-0.2, 0) is 11.3 Å². The Morgan fingerprint density at radius 3 is 2.95 bits per heavy atom. The monoisotopic (exact) mass is 287 g/mol. The van der Waals surface area contributed by atoms with Crippen molar-refractivity contribution in [1.29, 1.82) is 0 Å². The van der Waals surface area contributed by atoms with Gasteiger partial charge in [-0.05, 0) is 43.0 Å². The van der Waals surface area contributed by atoms with E-state index < -0.39 is 5.97 Å². The summed E-state index contributed by atoms with van der Waals surface area (Å²) in [6.07, 6.45) is 4.27. The Labute approximate surface area is 121 Å². The average molecular weight is 287 g/mol. The highest BCUT2D eigenvalue weighted by atomic mass is 16.5.